The van der Waals surface area contributed by atoms with Crippen molar-refractivity contribution in [1.29, 1.82) is 0 Å². The lowest BCUT2D eigenvalue weighted by molar-refractivity contribution is -0.122. The highest BCUT2D eigenvalue weighted by molar-refractivity contribution is 5.77. The van der Waals surface area contributed by atoms with E-state index < -0.39 is 0 Å². The number of amides is 1. The van der Waals surface area contributed by atoms with Gasteiger partial charge in [-0.25, -0.2) is 4.98 Å². The molecule has 0 unspecified atom stereocenters. The minimum atomic E-state index is 0.154. The van der Waals surface area contributed by atoms with Crippen molar-refractivity contribution in [1.82, 2.24) is 14.9 Å². The second-order valence-electron chi connectivity index (χ2n) is 8.07. The third-order valence-electron chi connectivity index (χ3n) is 5.84. The van der Waals surface area contributed by atoms with Crippen LogP contribution >= 0.6 is 0 Å². The minimum Gasteiger partial charge on any atom is -0.349 e. The maximum Gasteiger partial charge on any atom is 0.220 e. The van der Waals surface area contributed by atoms with E-state index in [1.807, 2.05) is 18.2 Å². The number of benzene rings is 2. The van der Waals surface area contributed by atoms with Crippen molar-refractivity contribution in [3.8, 4) is 0 Å². The van der Waals surface area contributed by atoms with E-state index in [0.717, 1.165) is 23.4 Å². The lowest BCUT2D eigenvalue weighted by atomic mass is 9.87. The topological polar surface area (TPSA) is 46.9 Å². The Morgan fingerprint density at radius 2 is 1.82 bits per heavy atom. The third kappa shape index (κ3) is 4.44. The molecule has 4 rings (SSSR count). The van der Waals surface area contributed by atoms with Crippen LogP contribution in [0.2, 0.25) is 0 Å². The molecule has 28 heavy (non-hydrogen) atoms. The Bertz CT molecular complexity index is 936. The molecule has 3 aromatic rings. The van der Waals surface area contributed by atoms with E-state index in [0.29, 0.717) is 18.9 Å². The number of aryl methyl sites for hydroxylation is 1. The number of carbonyl (C=O) groups is 1. The number of carbonyl (C=O) groups excluding carboxylic acids is 1. The van der Waals surface area contributed by atoms with Gasteiger partial charge in [-0.15, -0.1) is 0 Å². The Morgan fingerprint density at radius 1 is 1.07 bits per heavy atom. The summed E-state index contributed by atoms with van der Waals surface area (Å²) in [6.45, 7) is 3.34. The summed E-state index contributed by atoms with van der Waals surface area (Å²) in [5.74, 6) is 1.62. The molecule has 0 aliphatic heterocycles. The molecule has 1 aromatic heterocycles. The molecule has 0 atom stereocenters. The van der Waals surface area contributed by atoms with Crippen LogP contribution in [0.3, 0.4) is 0 Å². The van der Waals surface area contributed by atoms with Crippen molar-refractivity contribution in [3.63, 3.8) is 0 Å². The predicted molar refractivity (Wildman–Crippen MR) is 113 cm³/mol. The number of hydrogen-bond donors (Lipinski definition) is 1. The molecular weight excluding hydrogens is 346 g/mol. The van der Waals surface area contributed by atoms with Crippen LogP contribution in [0, 0.1) is 12.8 Å². The second-order valence-corrected chi connectivity index (χ2v) is 8.07. The van der Waals surface area contributed by atoms with Gasteiger partial charge in [-0.1, -0.05) is 61.2 Å². The summed E-state index contributed by atoms with van der Waals surface area (Å²) < 4.78 is 2.22. The van der Waals surface area contributed by atoms with Gasteiger partial charge in [-0.05, 0) is 43.4 Å². The van der Waals surface area contributed by atoms with Gasteiger partial charge in [0.2, 0.25) is 5.91 Å². The van der Waals surface area contributed by atoms with Gasteiger partial charge in [0.25, 0.3) is 0 Å². The van der Waals surface area contributed by atoms with Crippen LogP contribution in [0.1, 0.15) is 55.5 Å². The van der Waals surface area contributed by atoms with Gasteiger partial charge in [-0.2, -0.15) is 0 Å². The molecule has 1 fully saturated rings. The fraction of sp³-hybridized carbons (Fsp3) is 0.417. The van der Waals surface area contributed by atoms with E-state index in [4.69, 9.17) is 4.98 Å². The molecule has 1 heterocycles. The van der Waals surface area contributed by atoms with Gasteiger partial charge in [-0.3, -0.25) is 4.79 Å². The van der Waals surface area contributed by atoms with Crippen LogP contribution in [0.15, 0.2) is 48.5 Å². The standard InChI is InChI=1S/C24H29N3O/c1-18-11-13-20(14-12-18)17-27-22-10-6-5-9-21(22)26-23(27)16-25-24(28)15-19-7-3-2-4-8-19/h5-6,9-14,19H,2-4,7-8,15-17H2,1H3,(H,25,28). The first-order valence-electron chi connectivity index (χ1n) is 10.5. The van der Waals surface area contributed by atoms with E-state index in [-0.39, 0.29) is 5.91 Å². The summed E-state index contributed by atoms with van der Waals surface area (Å²) in [5.41, 5.74) is 4.59. The predicted octanol–water partition coefficient (Wildman–Crippen LogP) is 4.98. The summed E-state index contributed by atoms with van der Waals surface area (Å²) in [4.78, 5) is 17.3. The molecule has 1 aliphatic rings. The largest absolute Gasteiger partial charge is 0.349 e. The molecule has 1 amide bonds. The van der Waals surface area contributed by atoms with E-state index in [9.17, 15) is 4.79 Å². The highest BCUT2D eigenvalue weighted by Gasteiger charge is 2.18. The van der Waals surface area contributed by atoms with Crippen LogP contribution in [0.25, 0.3) is 11.0 Å². The summed E-state index contributed by atoms with van der Waals surface area (Å²) in [6, 6.07) is 16.8. The number of aromatic nitrogens is 2. The zero-order valence-corrected chi connectivity index (χ0v) is 16.7. The minimum absolute atomic E-state index is 0.154. The molecule has 0 saturated heterocycles. The number of nitrogens with one attached hydrogen (secondary N) is 1. The lowest BCUT2D eigenvalue weighted by Gasteiger charge is -2.20. The van der Waals surface area contributed by atoms with Crippen LogP contribution in [-0.4, -0.2) is 15.5 Å². The van der Waals surface area contributed by atoms with E-state index in [1.165, 1.54) is 43.2 Å². The van der Waals surface area contributed by atoms with Gasteiger partial charge in [0.15, 0.2) is 0 Å². The van der Waals surface area contributed by atoms with Crippen molar-refractivity contribution in [2.24, 2.45) is 5.92 Å². The smallest absolute Gasteiger partial charge is 0.220 e. The average Bonchev–Trinajstić information content (AvgIpc) is 3.06. The Kier molecular flexibility index (Phi) is 5.75. The van der Waals surface area contributed by atoms with Crippen molar-refractivity contribution in [2.75, 3.05) is 0 Å². The zero-order chi connectivity index (χ0) is 19.3. The molecule has 0 spiro atoms. The normalized spacial score (nSPS) is 15.0. The van der Waals surface area contributed by atoms with Gasteiger partial charge in [0.05, 0.1) is 17.6 Å². The number of hydrogen-bond acceptors (Lipinski definition) is 2. The Morgan fingerprint density at radius 3 is 2.61 bits per heavy atom. The SMILES string of the molecule is Cc1ccc(Cn2c(CNC(=O)CC3CCCCC3)nc3ccccc32)cc1. The average molecular weight is 376 g/mol. The summed E-state index contributed by atoms with van der Waals surface area (Å²) in [6.07, 6.45) is 6.90. The summed E-state index contributed by atoms with van der Waals surface area (Å²) in [7, 11) is 0. The second kappa shape index (κ2) is 8.59. The Labute approximate surface area is 167 Å². The molecule has 0 radical (unpaired) electrons. The number of nitrogens with zero attached hydrogens (tertiary/aromatic N) is 2. The first kappa shape index (κ1) is 18.7. The highest BCUT2D eigenvalue weighted by Crippen LogP contribution is 2.26. The lowest BCUT2D eigenvalue weighted by Crippen LogP contribution is -2.27. The number of rotatable bonds is 6. The van der Waals surface area contributed by atoms with Crippen molar-refractivity contribution < 1.29 is 4.79 Å². The van der Waals surface area contributed by atoms with Crippen LogP contribution < -0.4 is 5.32 Å². The molecule has 4 nitrogen and oxygen atoms in total. The fourth-order valence-electron chi connectivity index (χ4n) is 4.22. The van der Waals surface area contributed by atoms with E-state index >= 15 is 0 Å². The van der Waals surface area contributed by atoms with Crippen molar-refractivity contribution >= 4 is 16.9 Å². The van der Waals surface area contributed by atoms with Gasteiger partial charge in [0.1, 0.15) is 5.82 Å². The molecule has 0 bridgehead atoms. The van der Waals surface area contributed by atoms with E-state index in [2.05, 4.69) is 47.1 Å². The number of fused-ring (bicyclic) bond motifs is 1. The number of para-hydroxylation sites is 2. The van der Waals surface area contributed by atoms with Crippen LogP contribution in [0.5, 0.6) is 0 Å². The van der Waals surface area contributed by atoms with Crippen LogP contribution in [0.4, 0.5) is 0 Å². The maximum atomic E-state index is 12.5. The molecule has 1 aliphatic carbocycles. The number of imidazole rings is 1. The molecule has 146 valence electrons. The van der Waals surface area contributed by atoms with Crippen molar-refractivity contribution in [2.45, 2.75) is 58.5 Å². The first-order valence-corrected chi connectivity index (χ1v) is 10.5. The quantitative estimate of drug-likeness (QED) is 0.660. The molecular formula is C24H29N3O. The van der Waals surface area contributed by atoms with Gasteiger partial charge < -0.3 is 9.88 Å². The highest BCUT2D eigenvalue weighted by atomic mass is 16.1. The monoisotopic (exact) mass is 375 g/mol. The molecule has 1 N–H and O–H groups in total. The zero-order valence-electron chi connectivity index (χ0n) is 16.7. The van der Waals surface area contributed by atoms with Crippen LogP contribution in [-0.2, 0) is 17.9 Å². The van der Waals surface area contributed by atoms with E-state index in [1.54, 1.807) is 0 Å². The van der Waals surface area contributed by atoms with Crippen molar-refractivity contribution in [3.05, 3.63) is 65.5 Å². The molecule has 2 aromatic carbocycles. The van der Waals surface area contributed by atoms with Gasteiger partial charge in [0, 0.05) is 13.0 Å². The molecule has 1 saturated carbocycles. The Hall–Kier alpha value is -2.62. The first-order chi connectivity index (χ1) is 13.7. The summed E-state index contributed by atoms with van der Waals surface area (Å²) in [5, 5.41) is 3.12. The molecule has 4 heteroatoms. The fourth-order valence-corrected chi connectivity index (χ4v) is 4.22. The third-order valence-corrected chi connectivity index (χ3v) is 5.84. The Balaban J connectivity index is 1.49. The van der Waals surface area contributed by atoms with Gasteiger partial charge >= 0.3 is 0 Å². The summed E-state index contributed by atoms with van der Waals surface area (Å²) >= 11 is 0. The maximum absolute atomic E-state index is 12.5.